The van der Waals surface area contributed by atoms with E-state index in [1.807, 2.05) is 92.7 Å². The van der Waals surface area contributed by atoms with E-state index in [0.29, 0.717) is 49.3 Å². The highest BCUT2D eigenvalue weighted by Crippen LogP contribution is 2.36. The molecule has 0 fully saturated rings. The van der Waals surface area contributed by atoms with Crippen molar-refractivity contribution in [3.05, 3.63) is 125 Å². The van der Waals surface area contributed by atoms with Crippen molar-refractivity contribution >= 4 is 35.0 Å². The molecule has 0 spiro atoms. The second-order valence-electron chi connectivity index (χ2n) is 9.96. The van der Waals surface area contributed by atoms with Gasteiger partial charge in [0.15, 0.2) is 4.80 Å². The van der Waals surface area contributed by atoms with Crippen LogP contribution in [0.15, 0.2) is 93.9 Å². The number of para-hydroxylation sites is 1. The van der Waals surface area contributed by atoms with Crippen molar-refractivity contribution < 1.29 is 19.0 Å². The van der Waals surface area contributed by atoms with Gasteiger partial charge in [-0.25, -0.2) is 9.79 Å². The lowest BCUT2D eigenvalue weighted by Crippen LogP contribution is -2.40. The van der Waals surface area contributed by atoms with Crippen LogP contribution in [0.2, 0.25) is 5.02 Å². The molecule has 1 aliphatic rings. The van der Waals surface area contributed by atoms with Gasteiger partial charge in [-0.3, -0.25) is 9.36 Å². The minimum absolute atomic E-state index is 0.102. The van der Waals surface area contributed by atoms with Crippen LogP contribution in [0, 0.1) is 0 Å². The molecule has 42 heavy (non-hydrogen) atoms. The highest BCUT2D eigenvalue weighted by molar-refractivity contribution is 7.07. The molecule has 1 aromatic heterocycles. The number of carbonyl (C=O) groups excluding carboxylic acids is 1. The van der Waals surface area contributed by atoms with E-state index in [9.17, 15) is 9.59 Å². The summed E-state index contributed by atoms with van der Waals surface area (Å²) in [4.78, 5) is 32.3. The maximum atomic E-state index is 14.0. The Bertz CT molecular complexity index is 1820. The topological polar surface area (TPSA) is 79.1 Å². The molecule has 0 N–H and O–H groups in total. The van der Waals surface area contributed by atoms with E-state index in [0.717, 1.165) is 11.1 Å². The quantitative estimate of drug-likeness (QED) is 0.226. The average molecular weight is 603 g/mol. The number of rotatable bonds is 9. The van der Waals surface area contributed by atoms with Crippen LogP contribution in [0.1, 0.15) is 50.4 Å². The third kappa shape index (κ3) is 6.20. The van der Waals surface area contributed by atoms with Gasteiger partial charge in [-0.1, -0.05) is 71.5 Å². The molecule has 5 rings (SSSR count). The Morgan fingerprint density at radius 3 is 2.50 bits per heavy atom. The predicted octanol–water partition coefficient (Wildman–Crippen LogP) is 5.82. The molecule has 4 aromatic rings. The van der Waals surface area contributed by atoms with Crippen molar-refractivity contribution in [3.8, 4) is 11.5 Å². The summed E-state index contributed by atoms with van der Waals surface area (Å²) in [7, 11) is 0. The predicted molar refractivity (Wildman–Crippen MR) is 165 cm³/mol. The lowest BCUT2D eigenvalue weighted by atomic mass is 9.95. The van der Waals surface area contributed by atoms with E-state index in [1.54, 1.807) is 18.4 Å². The summed E-state index contributed by atoms with van der Waals surface area (Å²) in [6.07, 6.45) is 1.72. The highest BCUT2D eigenvalue weighted by Gasteiger charge is 2.35. The summed E-state index contributed by atoms with van der Waals surface area (Å²) in [6, 6.07) is 21.7. The van der Waals surface area contributed by atoms with Crippen LogP contribution in [0.5, 0.6) is 11.5 Å². The zero-order valence-electron chi connectivity index (χ0n) is 23.8. The highest BCUT2D eigenvalue weighted by atomic mass is 35.5. The van der Waals surface area contributed by atoms with Gasteiger partial charge in [0.05, 0.1) is 28.5 Å². The Morgan fingerprint density at radius 1 is 1.07 bits per heavy atom. The molecule has 2 heterocycles. The first-order chi connectivity index (χ1) is 20.3. The van der Waals surface area contributed by atoms with E-state index < -0.39 is 12.0 Å². The van der Waals surface area contributed by atoms with Gasteiger partial charge < -0.3 is 14.2 Å². The lowest BCUT2D eigenvalue weighted by molar-refractivity contribution is -0.139. The summed E-state index contributed by atoms with van der Waals surface area (Å²) < 4.78 is 19.5. The summed E-state index contributed by atoms with van der Waals surface area (Å²) >= 11 is 7.51. The maximum Gasteiger partial charge on any atom is 0.338 e. The molecule has 0 saturated carbocycles. The molecule has 1 aliphatic heterocycles. The second kappa shape index (κ2) is 12.8. The molecule has 0 aliphatic carbocycles. The SMILES string of the molecule is CCOC(=O)C1=C(C)N=c2s/c(=C/c3ccc(OCc4ccccc4Cl)cc3)c(=O)n2[C@@H]1c1ccccc1OC(C)C. The number of hydrogen-bond acceptors (Lipinski definition) is 7. The Kier molecular flexibility index (Phi) is 8.94. The Hall–Kier alpha value is -4.14. The standard InChI is InChI=1S/C33H31ClN2O5S/c1-5-39-32(38)29-21(4)35-33-36(30(29)25-11-7-9-13-27(25)41-20(2)3)31(37)28(42-33)18-22-14-16-24(17-15-22)40-19-23-10-6-8-12-26(23)34/h6-18,20,30H,5,19H2,1-4H3/b28-18+/t30-/m1/s1. The first-order valence-electron chi connectivity index (χ1n) is 13.7. The van der Waals surface area contributed by atoms with Crippen molar-refractivity contribution in [2.24, 2.45) is 4.99 Å². The Morgan fingerprint density at radius 2 is 1.79 bits per heavy atom. The molecule has 216 valence electrons. The Labute approximate surface area is 253 Å². The lowest BCUT2D eigenvalue weighted by Gasteiger charge is -2.26. The minimum atomic E-state index is -0.752. The first-order valence-corrected chi connectivity index (χ1v) is 14.9. The fourth-order valence-electron chi connectivity index (χ4n) is 4.74. The number of benzene rings is 3. The van der Waals surface area contributed by atoms with Gasteiger partial charge in [0.25, 0.3) is 5.56 Å². The smallest absolute Gasteiger partial charge is 0.338 e. The number of esters is 1. The number of carbonyl (C=O) groups is 1. The van der Waals surface area contributed by atoms with Gasteiger partial charge in [0, 0.05) is 16.1 Å². The van der Waals surface area contributed by atoms with E-state index in [-0.39, 0.29) is 18.3 Å². The van der Waals surface area contributed by atoms with Crippen molar-refractivity contribution in [1.29, 1.82) is 0 Å². The summed E-state index contributed by atoms with van der Waals surface area (Å²) in [6.45, 7) is 7.94. The largest absolute Gasteiger partial charge is 0.491 e. The number of fused-ring (bicyclic) bond motifs is 1. The van der Waals surface area contributed by atoms with Crippen molar-refractivity contribution in [2.75, 3.05) is 6.61 Å². The molecule has 0 radical (unpaired) electrons. The minimum Gasteiger partial charge on any atom is -0.491 e. The molecule has 9 heteroatoms. The average Bonchev–Trinajstić information content (AvgIpc) is 3.26. The van der Waals surface area contributed by atoms with Crippen LogP contribution < -0.4 is 24.4 Å². The molecule has 0 unspecified atom stereocenters. The van der Waals surface area contributed by atoms with Gasteiger partial charge in [-0.15, -0.1) is 0 Å². The normalized spacial score (nSPS) is 14.9. The number of nitrogens with zero attached hydrogens (tertiary/aromatic N) is 2. The molecule has 3 aromatic carbocycles. The molecule has 0 amide bonds. The van der Waals surface area contributed by atoms with Gasteiger partial charge in [-0.05, 0) is 63.6 Å². The summed E-state index contributed by atoms with van der Waals surface area (Å²) in [5.41, 5.74) is 2.98. The number of aromatic nitrogens is 1. The van der Waals surface area contributed by atoms with Crippen LogP contribution in [-0.4, -0.2) is 23.2 Å². The first kappa shape index (κ1) is 29.4. The summed E-state index contributed by atoms with van der Waals surface area (Å²) in [5, 5.41) is 0.655. The maximum absolute atomic E-state index is 14.0. The zero-order chi connectivity index (χ0) is 29.8. The van der Waals surface area contributed by atoms with Crippen molar-refractivity contribution in [2.45, 2.75) is 46.4 Å². The van der Waals surface area contributed by atoms with Gasteiger partial charge >= 0.3 is 5.97 Å². The molecule has 0 saturated heterocycles. The third-order valence-corrected chi connectivity index (χ3v) is 7.98. The van der Waals surface area contributed by atoms with Gasteiger partial charge in [0.1, 0.15) is 24.1 Å². The number of hydrogen-bond donors (Lipinski definition) is 0. The second-order valence-corrected chi connectivity index (χ2v) is 11.4. The molecule has 1 atom stereocenters. The monoisotopic (exact) mass is 602 g/mol. The van der Waals surface area contributed by atoms with Crippen LogP contribution in [0.25, 0.3) is 6.08 Å². The molecular formula is C33H31ClN2O5S. The molecule has 7 nitrogen and oxygen atoms in total. The van der Waals surface area contributed by atoms with Crippen molar-refractivity contribution in [1.82, 2.24) is 4.57 Å². The number of ether oxygens (including phenoxy) is 3. The van der Waals surface area contributed by atoms with Crippen LogP contribution in [0.4, 0.5) is 0 Å². The molecular weight excluding hydrogens is 572 g/mol. The van der Waals surface area contributed by atoms with Crippen LogP contribution in [0.3, 0.4) is 0 Å². The van der Waals surface area contributed by atoms with Gasteiger partial charge in [0.2, 0.25) is 0 Å². The van der Waals surface area contributed by atoms with E-state index in [4.69, 9.17) is 25.8 Å². The van der Waals surface area contributed by atoms with Crippen LogP contribution >= 0.6 is 22.9 Å². The number of thiazole rings is 1. The van der Waals surface area contributed by atoms with E-state index >= 15 is 0 Å². The Balaban J connectivity index is 1.54. The fourth-order valence-corrected chi connectivity index (χ4v) is 5.98. The zero-order valence-corrected chi connectivity index (χ0v) is 25.4. The van der Waals surface area contributed by atoms with E-state index in [1.165, 1.54) is 11.3 Å². The van der Waals surface area contributed by atoms with E-state index in [2.05, 4.69) is 4.99 Å². The fraction of sp³-hybridized carbons (Fsp3) is 0.242. The number of allylic oxidation sites excluding steroid dienone is 1. The summed E-state index contributed by atoms with van der Waals surface area (Å²) in [5.74, 6) is 0.769. The third-order valence-electron chi connectivity index (χ3n) is 6.62. The van der Waals surface area contributed by atoms with Crippen LogP contribution in [-0.2, 0) is 16.1 Å². The number of halogens is 1. The van der Waals surface area contributed by atoms with Crippen molar-refractivity contribution in [3.63, 3.8) is 0 Å². The molecule has 0 bridgehead atoms. The van der Waals surface area contributed by atoms with Gasteiger partial charge in [-0.2, -0.15) is 0 Å².